The van der Waals surface area contributed by atoms with Crippen LogP contribution in [-0.4, -0.2) is 18.5 Å². The molecule has 0 aromatic heterocycles. The highest BCUT2D eigenvalue weighted by molar-refractivity contribution is 14.1. The van der Waals surface area contributed by atoms with E-state index in [9.17, 15) is 9.18 Å². The van der Waals surface area contributed by atoms with Gasteiger partial charge in [-0.2, -0.15) is 0 Å². The van der Waals surface area contributed by atoms with Crippen molar-refractivity contribution >= 4 is 28.5 Å². The number of halogens is 2. The van der Waals surface area contributed by atoms with Gasteiger partial charge in [0.05, 0.1) is 5.56 Å². The minimum absolute atomic E-state index is 0.0722. The van der Waals surface area contributed by atoms with Crippen LogP contribution in [-0.2, 0) is 0 Å². The molecule has 3 nitrogen and oxygen atoms in total. The standard InChI is InChI=1S/C12H16FIN2O/c1-7(2)11(15)6-16-12(17)9-4-3-8(13)5-10(9)14/h3-5,7,11H,6,15H2,1-2H3,(H,16,17). The topological polar surface area (TPSA) is 55.1 Å². The molecule has 0 saturated heterocycles. The van der Waals surface area contributed by atoms with Gasteiger partial charge in [-0.25, -0.2) is 4.39 Å². The quantitative estimate of drug-likeness (QED) is 0.818. The van der Waals surface area contributed by atoms with E-state index < -0.39 is 0 Å². The summed E-state index contributed by atoms with van der Waals surface area (Å²) in [6.45, 7) is 4.42. The van der Waals surface area contributed by atoms with Crippen molar-refractivity contribution in [2.75, 3.05) is 6.54 Å². The van der Waals surface area contributed by atoms with E-state index in [1.54, 1.807) is 0 Å². The van der Waals surface area contributed by atoms with E-state index in [1.165, 1.54) is 18.2 Å². The zero-order valence-electron chi connectivity index (χ0n) is 9.84. The summed E-state index contributed by atoms with van der Waals surface area (Å²) in [5.74, 6) is -0.252. The highest BCUT2D eigenvalue weighted by Crippen LogP contribution is 2.13. The molecule has 0 heterocycles. The third kappa shape index (κ3) is 4.23. The minimum atomic E-state index is -0.343. The second-order valence-electron chi connectivity index (χ2n) is 4.24. The Morgan fingerprint density at radius 3 is 2.71 bits per heavy atom. The van der Waals surface area contributed by atoms with Crippen LogP contribution in [0.4, 0.5) is 4.39 Å². The summed E-state index contributed by atoms with van der Waals surface area (Å²) in [5.41, 5.74) is 6.30. The molecule has 1 atom stereocenters. The van der Waals surface area contributed by atoms with Crippen LogP contribution in [0.5, 0.6) is 0 Å². The van der Waals surface area contributed by atoms with Gasteiger partial charge in [0, 0.05) is 16.2 Å². The molecule has 1 unspecified atom stereocenters. The average Bonchev–Trinajstić information content (AvgIpc) is 2.25. The molecule has 0 aliphatic rings. The number of carbonyl (C=O) groups excluding carboxylic acids is 1. The lowest BCUT2D eigenvalue weighted by Gasteiger charge is -2.16. The Morgan fingerprint density at radius 1 is 1.53 bits per heavy atom. The van der Waals surface area contributed by atoms with Gasteiger partial charge < -0.3 is 11.1 Å². The smallest absolute Gasteiger partial charge is 0.252 e. The van der Waals surface area contributed by atoms with Gasteiger partial charge in [-0.3, -0.25) is 4.79 Å². The fourth-order valence-electron chi connectivity index (χ4n) is 1.22. The molecule has 0 fully saturated rings. The average molecular weight is 350 g/mol. The van der Waals surface area contributed by atoms with E-state index in [4.69, 9.17) is 5.73 Å². The zero-order valence-corrected chi connectivity index (χ0v) is 12.0. The first-order valence-electron chi connectivity index (χ1n) is 5.40. The van der Waals surface area contributed by atoms with Gasteiger partial charge in [0.25, 0.3) is 5.91 Å². The van der Waals surface area contributed by atoms with Crippen molar-refractivity contribution in [3.8, 4) is 0 Å². The summed E-state index contributed by atoms with van der Waals surface area (Å²) < 4.78 is 13.5. The molecule has 0 aliphatic carbocycles. The van der Waals surface area contributed by atoms with Crippen molar-refractivity contribution in [3.63, 3.8) is 0 Å². The van der Waals surface area contributed by atoms with Crippen molar-refractivity contribution in [3.05, 3.63) is 33.1 Å². The molecule has 94 valence electrons. The van der Waals surface area contributed by atoms with Crippen molar-refractivity contribution in [1.82, 2.24) is 5.32 Å². The monoisotopic (exact) mass is 350 g/mol. The van der Waals surface area contributed by atoms with Gasteiger partial charge in [0.15, 0.2) is 0 Å². The highest BCUT2D eigenvalue weighted by Gasteiger charge is 2.13. The van der Waals surface area contributed by atoms with Crippen LogP contribution in [0, 0.1) is 15.3 Å². The minimum Gasteiger partial charge on any atom is -0.350 e. The molecule has 0 bridgehead atoms. The molecule has 0 aliphatic heterocycles. The number of benzene rings is 1. The fourth-order valence-corrected chi connectivity index (χ4v) is 1.94. The van der Waals surface area contributed by atoms with Crippen LogP contribution in [0.3, 0.4) is 0 Å². The maximum absolute atomic E-state index is 12.9. The van der Waals surface area contributed by atoms with Crippen LogP contribution in [0.15, 0.2) is 18.2 Å². The number of carbonyl (C=O) groups is 1. The lowest BCUT2D eigenvalue weighted by atomic mass is 10.1. The first-order valence-corrected chi connectivity index (χ1v) is 6.48. The summed E-state index contributed by atoms with van der Waals surface area (Å²) in [6, 6.07) is 4.02. The molecule has 0 radical (unpaired) electrons. The Bertz CT molecular complexity index is 409. The van der Waals surface area contributed by atoms with Gasteiger partial charge in [-0.1, -0.05) is 13.8 Å². The van der Waals surface area contributed by atoms with E-state index in [1.807, 2.05) is 36.4 Å². The Morgan fingerprint density at radius 2 is 2.18 bits per heavy atom. The van der Waals surface area contributed by atoms with Crippen LogP contribution in [0.2, 0.25) is 0 Å². The molecule has 1 aromatic carbocycles. The van der Waals surface area contributed by atoms with Crippen molar-refractivity contribution in [2.24, 2.45) is 11.7 Å². The van der Waals surface area contributed by atoms with E-state index in [0.717, 1.165) is 0 Å². The van der Waals surface area contributed by atoms with Gasteiger partial charge in [-0.15, -0.1) is 0 Å². The summed E-state index contributed by atoms with van der Waals surface area (Å²) >= 11 is 1.94. The SMILES string of the molecule is CC(C)C(N)CNC(=O)c1ccc(F)cc1I. The molecule has 1 aromatic rings. The Hall–Kier alpha value is -0.690. The van der Waals surface area contributed by atoms with Crippen LogP contribution in [0.25, 0.3) is 0 Å². The largest absolute Gasteiger partial charge is 0.350 e. The van der Waals surface area contributed by atoms with Gasteiger partial charge in [-0.05, 0) is 46.7 Å². The van der Waals surface area contributed by atoms with Crippen molar-refractivity contribution in [2.45, 2.75) is 19.9 Å². The second-order valence-corrected chi connectivity index (χ2v) is 5.40. The van der Waals surface area contributed by atoms with Crippen LogP contribution >= 0.6 is 22.6 Å². The maximum Gasteiger partial charge on any atom is 0.252 e. The summed E-state index contributed by atoms with van der Waals surface area (Å²) in [4.78, 5) is 11.8. The molecule has 0 spiro atoms. The molecule has 1 rings (SSSR count). The summed E-state index contributed by atoms with van der Waals surface area (Å²) in [5, 5.41) is 2.75. The van der Waals surface area contributed by atoms with E-state index in [0.29, 0.717) is 21.6 Å². The number of amides is 1. The molecular weight excluding hydrogens is 334 g/mol. The normalized spacial score (nSPS) is 12.6. The van der Waals surface area contributed by atoms with Crippen molar-refractivity contribution in [1.29, 1.82) is 0 Å². The Kier molecular flexibility index (Phi) is 5.32. The fraction of sp³-hybridized carbons (Fsp3) is 0.417. The predicted octanol–water partition coefficient (Wildman–Crippen LogP) is 2.14. The van der Waals surface area contributed by atoms with Crippen LogP contribution in [0.1, 0.15) is 24.2 Å². The third-order valence-electron chi connectivity index (χ3n) is 2.53. The molecule has 1 amide bonds. The first kappa shape index (κ1) is 14.4. The molecular formula is C12H16FIN2O. The van der Waals surface area contributed by atoms with Gasteiger partial charge >= 0.3 is 0 Å². The van der Waals surface area contributed by atoms with Gasteiger partial charge in [0.2, 0.25) is 0 Å². The zero-order chi connectivity index (χ0) is 13.0. The molecule has 0 saturated carbocycles. The number of hydrogen-bond acceptors (Lipinski definition) is 2. The van der Waals surface area contributed by atoms with Gasteiger partial charge in [0.1, 0.15) is 5.82 Å². The van der Waals surface area contributed by atoms with Crippen molar-refractivity contribution < 1.29 is 9.18 Å². The highest BCUT2D eigenvalue weighted by atomic mass is 127. The molecule has 5 heteroatoms. The number of nitrogens with two attached hydrogens (primary N) is 1. The summed E-state index contributed by atoms with van der Waals surface area (Å²) in [6.07, 6.45) is 0. The molecule has 3 N–H and O–H groups in total. The summed E-state index contributed by atoms with van der Waals surface area (Å²) in [7, 11) is 0. The van der Waals surface area contributed by atoms with E-state index >= 15 is 0 Å². The lowest BCUT2D eigenvalue weighted by molar-refractivity contribution is 0.0948. The van der Waals surface area contributed by atoms with Crippen LogP contribution < -0.4 is 11.1 Å². The second kappa shape index (κ2) is 6.30. The number of hydrogen-bond donors (Lipinski definition) is 2. The van der Waals surface area contributed by atoms with E-state index in [-0.39, 0.29) is 17.8 Å². The lowest BCUT2D eigenvalue weighted by Crippen LogP contribution is -2.40. The number of nitrogens with one attached hydrogen (secondary N) is 1. The number of rotatable bonds is 4. The Balaban J connectivity index is 2.64. The third-order valence-corrected chi connectivity index (χ3v) is 3.42. The van der Waals surface area contributed by atoms with E-state index in [2.05, 4.69) is 5.32 Å². The maximum atomic E-state index is 12.9. The molecule has 17 heavy (non-hydrogen) atoms. The first-order chi connectivity index (χ1) is 7.91. The Labute approximate surface area is 114 Å². The predicted molar refractivity (Wildman–Crippen MR) is 74.3 cm³/mol.